The molecule has 1 atom stereocenters. The average molecular weight is 519 g/mol. The van der Waals surface area contributed by atoms with Gasteiger partial charge in [0.2, 0.25) is 0 Å². The van der Waals surface area contributed by atoms with Crippen molar-refractivity contribution in [3.05, 3.63) is 42.1 Å². The first-order valence-electron chi connectivity index (χ1n) is 12.9. The average Bonchev–Trinajstić information content (AvgIpc) is 3.35. The highest BCUT2D eigenvalue weighted by atomic mass is 32.1. The lowest BCUT2D eigenvalue weighted by atomic mass is 10.1. The van der Waals surface area contributed by atoms with Gasteiger partial charge < -0.3 is 25.2 Å². The molecule has 2 aromatic heterocycles. The number of hydrogen-bond donors (Lipinski definition) is 2. The smallest absolute Gasteiger partial charge is 0.410 e. The van der Waals surface area contributed by atoms with Crippen LogP contribution in [0.1, 0.15) is 39.2 Å². The van der Waals surface area contributed by atoms with Crippen LogP contribution in [0.15, 0.2) is 36.5 Å². The Morgan fingerprint density at radius 1 is 1.22 bits per heavy atom. The van der Waals surface area contributed by atoms with Crippen molar-refractivity contribution in [3.8, 4) is 16.5 Å². The summed E-state index contributed by atoms with van der Waals surface area (Å²) in [7, 11) is 0. The largest absolute Gasteiger partial charge is 0.444 e. The maximum atomic E-state index is 12.6. The molecule has 2 saturated heterocycles. The number of nitrogens with zero attached hydrogens (tertiary/aromatic N) is 4. The first-order chi connectivity index (χ1) is 17.8. The fraction of sp³-hybridized carbons (Fsp3) is 0.464. The number of rotatable bonds is 4. The molecule has 5 rings (SSSR count). The number of piperidine rings is 1. The highest BCUT2D eigenvalue weighted by Gasteiger charge is 2.28. The lowest BCUT2D eigenvalue weighted by molar-refractivity contribution is 0.0206. The van der Waals surface area contributed by atoms with E-state index in [1.807, 2.05) is 20.8 Å². The summed E-state index contributed by atoms with van der Waals surface area (Å²) in [6, 6.07) is 13.2. The Kier molecular flexibility index (Phi) is 7.22. The molecule has 37 heavy (non-hydrogen) atoms. The molecule has 0 aliphatic carbocycles. The molecular weight excluding hydrogens is 484 g/mol. The number of nitriles is 1. The Labute approximate surface area is 222 Å². The Morgan fingerprint density at radius 3 is 2.68 bits per heavy atom. The molecule has 2 aliphatic heterocycles. The standard InChI is InChI=1S/C28H34N6O2S/c1-28(2,3)36-27(35)34-12-4-5-21(18-34)32-26-23-15-24(37-25(23)20(16-29)17-31-26)19-6-8-22(9-7-19)33-13-10-30-11-14-33/h6-9,15,17,21,30H,4-5,10-14,18H2,1-3H3,(H,31,32)/t21-/m0/s1. The van der Waals surface area contributed by atoms with Crippen molar-refractivity contribution in [1.82, 2.24) is 15.2 Å². The SMILES string of the molecule is CC(C)(C)OC(=O)N1CCC[C@H](Nc2ncc(C#N)c3sc(-c4ccc(N5CCNCC5)cc4)cc23)C1. The lowest BCUT2D eigenvalue weighted by Gasteiger charge is -2.34. The summed E-state index contributed by atoms with van der Waals surface area (Å²) in [4.78, 5) is 22.5. The van der Waals surface area contributed by atoms with Crippen LogP contribution >= 0.6 is 11.3 Å². The van der Waals surface area contributed by atoms with Gasteiger partial charge in [-0.1, -0.05) is 12.1 Å². The number of ether oxygens (including phenoxy) is 1. The zero-order chi connectivity index (χ0) is 26.0. The summed E-state index contributed by atoms with van der Waals surface area (Å²) in [5.74, 6) is 0.755. The number of hydrogen-bond acceptors (Lipinski definition) is 8. The molecule has 0 unspecified atom stereocenters. The summed E-state index contributed by atoms with van der Waals surface area (Å²) >= 11 is 1.62. The summed E-state index contributed by atoms with van der Waals surface area (Å²) in [5.41, 5.74) is 2.42. The van der Waals surface area contributed by atoms with Gasteiger partial charge in [0.1, 0.15) is 17.5 Å². The van der Waals surface area contributed by atoms with E-state index in [0.29, 0.717) is 18.7 Å². The van der Waals surface area contributed by atoms with Crippen LogP contribution in [0, 0.1) is 11.3 Å². The van der Waals surface area contributed by atoms with Gasteiger partial charge in [0.25, 0.3) is 0 Å². The first-order valence-corrected chi connectivity index (χ1v) is 13.8. The van der Waals surface area contributed by atoms with Crippen molar-refractivity contribution < 1.29 is 9.53 Å². The second-order valence-corrected chi connectivity index (χ2v) is 11.7. The minimum atomic E-state index is -0.519. The van der Waals surface area contributed by atoms with E-state index in [-0.39, 0.29) is 12.1 Å². The van der Waals surface area contributed by atoms with Gasteiger partial charge in [0.05, 0.1) is 10.3 Å². The highest BCUT2D eigenvalue weighted by Crippen LogP contribution is 2.39. The lowest BCUT2D eigenvalue weighted by Crippen LogP contribution is -2.47. The van der Waals surface area contributed by atoms with E-state index < -0.39 is 5.60 Å². The van der Waals surface area contributed by atoms with Gasteiger partial charge >= 0.3 is 6.09 Å². The Hall–Kier alpha value is -3.35. The first kappa shape index (κ1) is 25.3. The van der Waals surface area contributed by atoms with Crippen LogP contribution < -0.4 is 15.5 Å². The predicted molar refractivity (Wildman–Crippen MR) is 149 cm³/mol. The number of carbonyl (C=O) groups is 1. The molecule has 3 aromatic rings. The molecule has 2 fully saturated rings. The molecule has 1 amide bonds. The van der Waals surface area contributed by atoms with Gasteiger partial charge in [-0.15, -0.1) is 11.3 Å². The number of piperazine rings is 1. The van der Waals surface area contributed by atoms with Crippen molar-refractivity contribution in [2.45, 2.75) is 45.3 Å². The van der Waals surface area contributed by atoms with Crippen LogP contribution in [-0.4, -0.2) is 66.9 Å². The fourth-order valence-corrected chi connectivity index (χ4v) is 6.03. The van der Waals surface area contributed by atoms with E-state index in [2.05, 4.69) is 56.9 Å². The molecular formula is C28H34N6O2S. The minimum absolute atomic E-state index is 0.0616. The molecule has 1 aromatic carbocycles. The summed E-state index contributed by atoms with van der Waals surface area (Å²) in [6.45, 7) is 10.9. The number of nitrogens with one attached hydrogen (secondary N) is 2. The summed E-state index contributed by atoms with van der Waals surface area (Å²) < 4.78 is 6.51. The number of carbonyl (C=O) groups excluding carboxylic acids is 1. The number of benzene rings is 1. The summed E-state index contributed by atoms with van der Waals surface area (Å²) in [6.07, 6.45) is 3.20. The number of thiophene rings is 1. The van der Waals surface area contributed by atoms with Crippen molar-refractivity contribution in [2.24, 2.45) is 0 Å². The monoisotopic (exact) mass is 518 g/mol. The number of fused-ring (bicyclic) bond motifs is 1. The molecule has 8 nitrogen and oxygen atoms in total. The zero-order valence-corrected chi connectivity index (χ0v) is 22.5. The van der Waals surface area contributed by atoms with E-state index in [0.717, 1.165) is 65.4 Å². The van der Waals surface area contributed by atoms with Crippen LogP contribution in [0.4, 0.5) is 16.3 Å². The van der Waals surface area contributed by atoms with Gasteiger partial charge in [-0.3, -0.25) is 0 Å². The van der Waals surface area contributed by atoms with E-state index in [9.17, 15) is 10.1 Å². The second kappa shape index (κ2) is 10.6. The third-order valence-electron chi connectivity index (χ3n) is 6.72. The van der Waals surface area contributed by atoms with Crippen LogP contribution in [0.2, 0.25) is 0 Å². The van der Waals surface area contributed by atoms with Crippen LogP contribution in [0.3, 0.4) is 0 Å². The molecule has 194 valence electrons. The molecule has 4 heterocycles. The number of aromatic nitrogens is 1. The maximum Gasteiger partial charge on any atom is 0.410 e. The van der Waals surface area contributed by atoms with Crippen molar-refractivity contribution in [3.63, 3.8) is 0 Å². The van der Waals surface area contributed by atoms with E-state index in [1.54, 1.807) is 22.4 Å². The van der Waals surface area contributed by atoms with Crippen molar-refractivity contribution in [2.75, 3.05) is 49.5 Å². The molecule has 0 spiro atoms. The number of pyridine rings is 1. The predicted octanol–water partition coefficient (Wildman–Crippen LogP) is 5.06. The third kappa shape index (κ3) is 5.81. The van der Waals surface area contributed by atoms with Gasteiger partial charge in [-0.25, -0.2) is 9.78 Å². The highest BCUT2D eigenvalue weighted by molar-refractivity contribution is 7.22. The third-order valence-corrected chi connectivity index (χ3v) is 7.94. The summed E-state index contributed by atoms with van der Waals surface area (Å²) in [5, 5.41) is 17.6. The Balaban J connectivity index is 1.37. The van der Waals surface area contributed by atoms with Gasteiger partial charge in [0, 0.05) is 67.5 Å². The molecule has 2 N–H and O–H groups in total. The quantitative estimate of drug-likeness (QED) is 0.499. The van der Waals surface area contributed by atoms with Crippen molar-refractivity contribution in [1.29, 1.82) is 5.26 Å². The van der Waals surface area contributed by atoms with E-state index in [4.69, 9.17) is 4.74 Å². The zero-order valence-electron chi connectivity index (χ0n) is 21.7. The number of anilines is 2. The Bertz CT molecular complexity index is 1300. The fourth-order valence-electron chi connectivity index (χ4n) is 4.90. The van der Waals surface area contributed by atoms with E-state index >= 15 is 0 Å². The molecule has 9 heteroatoms. The molecule has 0 saturated carbocycles. The second-order valence-electron chi connectivity index (χ2n) is 10.7. The van der Waals surface area contributed by atoms with Crippen LogP contribution in [-0.2, 0) is 4.74 Å². The van der Waals surface area contributed by atoms with Gasteiger partial charge in [-0.05, 0) is 57.4 Å². The van der Waals surface area contributed by atoms with Crippen LogP contribution in [0.5, 0.6) is 0 Å². The minimum Gasteiger partial charge on any atom is -0.444 e. The van der Waals surface area contributed by atoms with Crippen LogP contribution in [0.25, 0.3) is 20.5 Å². The normalized spacial score (nSPS) is 18.5. The van der Waals surface area contributed by atoms with Gasteiger partial charge in [0.15, 0.2) is 0 Å². The van der Waals surface area contributed by atoms with Gasteiger partial charge in [-0.2, -0.15) is 5.26 Å². The molecule has 0 bridgehead atoms. The topological polar surface area (TPSA) is 93.5 Å². The number of amides is 1. The van der Waals surface area contributed by atoms with E-state index in [1.165, 1.54) is 5.69 Å². The maximum absolute atomic E-state index is 12.6. The van der Waals surface area contributed by atoms with Crippen molar-refractivity contribution >= 4 is 39.0 Å². The molecule has 0 radical (unpaired) electrons. The Morgan fingerprint density at radius 2 is 1.97 bits per heavy atom. The number of likely N-dealkylation sites (tertiary alicyclic amines) is 1. The molecule has 2 aliphatic rings.